The summed E-state index contributed by atoms with van der Waals surface area (Å²) >= 11 is 7.29. The minimum Gasteiger partial charge on any atom is -0.341 e. The summed E-state index contributed by atoms with van der Waals surface area (Å²) in [6.45, 7) is 0. The number of alkyl halides is 1. The summed E-state index contributed by atoms with van der Waals surface area (Å²) in [6, 6.07) is 2.03. The van der Waals surface area contributed by atoms with Crippen LogP contribution in [-0.2, 0) is 5.88 Å². The molecule has 0 aromatic carbocycles. The van der Waals surface area contributed by atoms with Crippen molar-refractivity contribution in [2.45, 2.75) is 5.88 Å². The van der Waals surface area contributed by atoms with Crippen LogP contribution in [0.3, 0.4) is 0 Å². The number of aromatic amines is 1. The van der Waals surface area contributed by atoms with Crippen LogP contribution in [0, 0.1) is 0 Å². The molecule has 0 fully saturated rings. The Bertz CT molecular complexity index is 353. The van der Waals surface area contributed by atoms with Gasteiger partial charge in [-0.3, -0.25) is 0 Å². The lowest BCUT2D eigenvalue weighted by Crippen LogP contribution is -1.77. The van der Waals surface area contributed by atoms with Crippen LogP contribution >= 0.6 is 22.9 Å². The van der Waals surface area contributed by atoms with Crippen LogP contribution in [0.5, 0.6) is 0 Å². The first-order valence-corrected chi connectivity index (χ1v) is 5.00. The van der Waals surface area contributed by atoms with E-state index < -0.39 is 0 Å². The molecule has 0 amide bonds. The molecule has 0 aliphatic rings. The third-order valence-corrected chi connectivity index (χ3v) is 2.54. The smallest absolute Gasteiger partial charge is 0.138 e. The van der Waals surface area contributed by atoms with Gasteiger partial charge in [-0.2, -0.15) is 11.3 Å². The fraction of sp³-hybridized carbons (Fsp3) is 0.125. The summed E-state index contributed by atoms with van der Waals surface area (Å²) in [4.78, 5) is 7.32. The van der Waals surface area contributed by atoms with Gasteiger partial charge in [-0.15, -0.1) is 11.6 Å². The van der Waals surface area contributed by atoms with Crippen LogP contribution < -0.4 is 0 Å². The first kappa shape index (κ1) is 7.83. The lowest BCUT2D eigenvalue weighted by Gasteiger charge is -1.88. The fourth-order valence-corrected chi connectivity index (χ4v) is 1.75. The number of hydrogen-bond acceptors (Lipinski definition) is 2. The van der Waals surface area contributed by atoms with E-state index in [1.165, 1.54) is 0 Å². The van der Waals surface area contributed by atoms with Crippen molar-refractivity contribution in [3.8, 4) is 11.4 Å². The minimum atomic E-state index is 0.483. The molecule has 2 aromatic heterocycles. The number of nitrogens with one attached hydrogen (secondary N) is 1. The van der Waals surface area contributed by atoms with Gasteiger partial charge in [0.1, 0.15) is 5.82 Å². The second-order valence-electron chi connectivity index (χ2n) is 2.40. The molecular formula is C8H7ClN2S. The van der Waals surface area contributed by atoms with Gasteiger partial charge in [-0.05, 0) is 11.4 Å². The van der Waals surface area contributed by atoms with Crippen LogP contribution in [0.15, 0.2) is 23.0 Å². The second-order valence-corrected chi connectivity index (χ2v) is 3.45. The Hall–Kier alpha value is -0.800. The Morgan fingerprint density at radius 2 is 2.50 bits per heavy atom. The van der Waals surface area contributed by atoms with Gasteiger partial charge in [0.25, 0.3) is 0 Å². The standard InChI is InChI=1S/C8H7ClN2S/c9-3-7-4-10-8(11-7)6-1-2-12-5-6/h1-2,4-5H,3H2,(H,10,11). The Labute approximate surface area is 79.2 Å². The highest BCUT2D eigenvalue weighted by Gasteiger charge is 2.01. The molecule has 0 atom stereocenters. The van der Waals surface area contributed by atoms with Gasteiger partial charge in [-0.25, -0.2) is 4.98 Å². The number of aromatic nitrogens is 2. The average molecular weight is 199 g/mol. The zero-order chi connectivity index (χ0) is 8.39. The predicted octanol–water partition coefficient (Wildman–Crippen LogP) is 2.88. The Balaban J connectivity index is 2.35. The van der Waals surface area contributed by atoms with E-state index in [9.17, 15) is 0 Å². The summed E-state index contributed by atoms with van der Waals surface area (Å²) in [5.74, 6) is 1.38. The number of halogens is 1. The summed E-state index contributed by atoms with van der Waals surface area (Å²) in [7, 11) is 0. The number of nitrogens with zero attached hydrogens (tertiary/aromatic N) is 1. The molecular weight excluding hydrogens is 192 g/mol. The van der Waals surface area contributed by atoms with Gasteiger partial charge < -0.3 is 4.98 Å². The lowest BCUT2D eigenvalue weighted by atomic mass is 10.3. The zero-order valence-corrected chi connectivity index (χ0v) is 7.82. The van der Waals surface area contributed by atoms with Crippen LogP contribution in [0.25, 0.3) is 11.4 Å². The highest BCUT2D eigenvalue weighted by atomic mass is 35.5. The largest absolute Gasteiger partial charge is 0.341 e. The average Bonchev–Trinajstić information content (AvgIpc) is 2.75. The maximum absolute atomic E-state index is 5.63. The third kappa shape index (κ3) is 1.38. The van der Waals surface area contributed by atoms with Crippen LogP contribution in [0.1, 0.15) is 5.69 Å². The van der Waals surface area contributed by atoms with Crippen molar-refractivity contribution < 1.29 is 0 Å². The molecule has 4 heteroatoms. The van der Waals surface area contributed by atoms with E-state index in [0.29, 0.717) is 5.88 Å². The maximum Gasteiger partial charge on any atom is 0.138 e. The van der Waals surface area contributed by atoms with E-state index in [-0.39, 0.29) is 0 Å². The molecule has 0 unspecified atom stereocenters. The first-order chi connectivity index (χ1) is 5.90. The van der Waals surface area contributed by atoms with Crippen LogP contribution in [-0.4, -0.2) is 9.97 Å². The molecule has 0 aliphatic carbocycles. The van der Waals surface area contributed by atoms with Gasteiger partial charge in [-0.1, -0.05) is 0 Å². The highest BCUT2D eigenvalue weighted by Crippen LogP contribution is 2.18. The maximum atomic E-state index is 5.63. The lowest BCUT2D eigenvalue weighted by molar-refractivity contribution is 1.23. The van der Waals surface area contributed by atoms with E-state index in [1.54, 1.807) is 17.5 Å². The summed E-state index contributed by atoms with van der Waals surface area (Å²) < 4.78 is 0. The van der Waals surface area contributed by atoms with Crippen molar-refractivity contribution in [3.05, 3.63) is 28.7 Å². The van der Waals surface area contributed by atoms with Crippen molar-refractivity contribution in [3.63, 3.8) is 0 Å². The minimum absolute atomic E-state index is 0.483. The van der Waals surface area contributed by atoms with Crippen LogP contribution in [0.2, 0.25) is 0 Å². The number of hydrogen-bond donors (Lipinski definition) is 1. The summed E-state index contributed by atoms with van der Waals surface area (Å²) in [5.41, 5.74) is 2.08. The van der Waals surface area contributed by atoms with Gasteiger partial charge >= 0.3 is 0 Å². The van der Waals surface area contributed by atoms with Crippen molar-refractivity contribution in [1.82, 2.24) is 9.97 Å². The molecule has 2 rings (SSSR count). The Morgan fingerprint density at radius 3 is 3.08 bits per heavy atom. The third-order valence-electron chi connectivity index (χ3n) is 1.57. The molecule has 0 spiro atoms. The number of imidazole rings is 1. The van der Waals surface area contributed by atoms with Crippen molar-refractivity contribution in [1.29, 1.82) is 0 Å². The predicted molar refractivity (Wildman–Crippen MR) is 51.5 cm³/mol. The van der Waals surface area contributed by atoms with Gasteiger partial charge in [0.15, 0.2) is 0 Å². The molecule has 0 aliphatic heterocycles. The number of rotatable bonds is 2. The van der Waals surface area contributed by atoms with Crippen molar-refractivity contribution >= 4 is 22.9 Å². The normalized spacial score (nSPS) is 10.4. The fourth-order valence-electron chi connectivity index (χ4n) is 0.973. The molecule has 1 N–H and O–H groups in total. The van der Waals surface area contributed by atoms with Crippen LogP contribution in [0.4, 0.5) is 0 Å². The van der Waals surface area contributed by atoms with Gasteiger partial charge in [0.05, 0.1) is 5.88 Å². The van der Waals surface area contributed by atoms with Gasteiger partial charge in [0.2, 0.25) is 0 Å². The molecule has 0 radical (unpaired) electrons. The Morgan fingerprint density at radius 1 is 1.58 bits per heavy atom. The summed E-state index contributed by atoms with van der Waals surface area (Å²) in [6.07, 6.45) is 1.76. The molecule has 0 bridgehead atoms. The highest BCUT2D eigenvalue weighted by molar-refractivity contribution is 7.08. The monoisotopic (exact) mass is 198 g/mol. The Kier molecular flexibility index (Phi) is 2.15. The van der Waals surface area contributed by atoms with Crippen molar-refractivity contribution in [2.75, 3.05) is 0 Å². The van der Waals surface area contributed by atoms with E-state index in [2.05, 4.69) is 15.3 Å². The molecule has 0 saturated carbocycles. The van der Waals surface area contributed by atoms with Gasteiger partial charge in [0, 0.05) is 22.8 Å². The number of thiophene rings is 1. The SMILES string of the molecule is ClCc1cnc(-c2ccsc2)[nH]1. The van der Waals surface area contributed by atoms with E-state index in [4.69, 9.17) is 11.6 Å². The molecule has 2 nitrogen and oxygen atoms in total. The molecule has 2 heterocycles. The summed E-state index contributed by atoms with van der Waals surface area (Å²) in [5, 5.41) is 4.08. The molecule has 12 heavy (non-hydrogen) atoms. The molecule has 0 saturated heterocycles. The topological polar surface area (TPSA) is 28.7 Å². The quantitative estimate of drug-likeness (QED) is 0.739. The first-order valence-electron chi connectivity index (χ1n) is 3.52. The molecule has 62 valence electrons. The van der Waals surface area contributed by atoms with E-state index >= 15 is 0 Å². The van der Waals surface area contributed by atoms with E-state index in [0.717, 1.165) is 17.1 Å². The zero-order valence-electron chi connectivity index (χ0n) is 6.25. The number of H-pyrrole nitrogens is 1. The second kappa shape index (κ2) is 3.29. The van der Waals surface area contributed by atoms with Crippen molar-refractivity contribution in [2.24, 2.45) is 0 Å². The van der Waals surface area contributed by atoms with E-state index in [1.807, 2.05) is 11.4 Å². The molecule has 2 aromatic rings.